The summed E-state index contributed by atoms with van der Waals surface area (Å²) in [7, 11) is -3.69. The van der Waals surface area contributed by atoms with Gasteiger partial charge in [-0.3, -0.25) is 4.79 Å². The Balaban J connectivity index is 1.58. The van der Waals surface area contributed by atoms with E-state index in [0.29, 0.717) is 31.8 Å². The number of rotatable bonds is 5. The number of benzene rings is 2. The molecule has 0 aliphatic carbocycles. The van der Waals surface area contributed by atoms with Gasteiger partial charge in [-0.05, 0) is 55.0 Å². The maximum atomic E-state index is 13.1. The van der Waals surface area contributed by atoms with Gasteiger partial charge in [0.15, 0.2) is 0 Å². The van der Waals surface area contributed by atoms with E-state index in [9.17, 15) is 17.6 Å². The Kier molecular flexibility index (Phi) is 7.14. The Morgan fingerprint density at radius 2 is 1.68 bits per heavy atom. The zero-order valence-corrected chi connectivity index (χ0v) is 18.3. The lowest BCUT2D eigenvalue weighted by Gasteiger charge is -2.22. The summed E-state index contributed by atoms with van der Waals surface area (Å²) in [5, 5.41) is 0. The van der Waals surface area contributed by atoms with Crippen molar-refractivity contribution in [1.82, 2.24) is 9.21 Å². The van der Waals surface area contributed by atoms with Gasteiger partial charge in [0.1, 0.15) is 5.82 Å². The van der Waals surface area contributed by atoms with Crippen LogP contribution in [0, 0.1) is 5.82 Å². The first-order chi connectivity index (χ1) is 13.4. The summed E-state index contributed by atoms with van der Waals surface area (Å²) in [6.45, 7) is 1.44. The quantitative estimate of drug-likeness (QED) is 0.605. The average molecular weight is 487 g/mol. The van der Waals surface area contributed by atoms with Gasteiger partial charge in [0.25, 0.3) is 0 Å². The minimum absolute atomic E-state index is 0.00560. The van der Waals surface area contributed by atoms with Gasteiger partial charge in [0.05, 0.1) is 10.6 Å². The van der Waals surface area contributed by atoms with Crippen molar-refractivity contribution in [3.63, 3.8) is 0 Å². The van der Waals surface area contributed by atoms with Gasteiger partial charge >= 0.3 is 0 Å². The van der Waals surface area contributed by atoms with E-state index in [1.165, 1.54) is 28.2 Å². The molecular formula is C19H20BrFN2O3S2. The maximum absolute atomic E-state index is 13.1. The van der Waals surface area contributed by atoms with E-state index in [1.54, 1.807) is 4.90 Å². The van der Waals surface area contributed by atoms with Crippen molar-refractivity contribution in [1.29, 1.82) is 0 Å². The number of carbonyl (C=O) groups is 1. The highest BCUT2D eigenvalue weighted by atomic mass is 79.9. The van der Waals surface area contributed by atoms with Crippen LogP contribution in [0.3, 0.4) is 0 Å². The smallest absolute Gasteiger partial charge is 0.243 e. The molecule has 1 amide bonds. The normalized spacial score (nSPS) is 16.0. The predicted molar refractivity (Wildman–Crippen MR) is 111 cm³/mol. The van der Waals surface area contributed by atoms with E-state index in [0.717, 1.165) is 21.5 Å². The monoisotopic (exact) mass is 486 g/mol. The summed E-state index contributed by atoms with van der Waals surface area (Å²) in [5.41, 5.74) is 0. The molecule has 1 aliphatic rings. The van der Waals surface area contributed by atoms with Gasteiger partial charge in [0, 0.05) is 35.5 Å². The van der Waals surface area contributed by atoms with Gasteiger partial charge in [-0.2, -0.15) is 4.31 Å². The number of sulfonamides is 1. The van der Waals surface area contributed by atoms with Crippen molar-refractivity contribution in [3.05, 3.63) is 58.8 Å². The number of hydrogen-bond acceptors (Lipinski definition) is 4. The molecule has 0 N–H and O–H groups in total. The van der Waals surface area contributed by atoms with Crippen LogP contribution in [-0.4, -0.2) is 55.5 Å². The van der Waals surface area contributed by atoms with E-state index in [-0.39, 0.29) is 17.3 Å². The molecule has 0 bridgehead atoms. The molecule has 1 aliphatic heterocycles. The van der Waals surface area contributed by atoms with Crippen LogP contribution in [0.1, 0.15) is 6.42 Å². The third-order valence-electron chi connectivity index (χ3n) is 4.43. The molecule has 5 nitrogen and oxygen atoms in total. The Morgan fingerprint density at radius 1 is 1.00 bits per heavy atom. The van der Waals surface area contributed by atoms with Gasteiger partial charge in [-0.15, -0.1) is 11.8 Å². The standard InChI is InChI=1S/C19H20BrFN2O3S2/c20-15-2-6-17(7-3-15)27-14-19(24)22-10-1-11-23(13-12-22)28(25,26)18-8-4-16(21)5-9-18/h2-9H,1,10-14H2. The van der Waals surface area contributed by atoms with E-state index < -0.39 is 15.8 Å². The third kappa shape index (κ3) is 5.34. The fourth-order valence-electron chi connectivity index (χ4n) is 2.91. The Labute approximate surface area is 177 Å². The highest BCUT2D eigenvalue weighted by molar-refractivity contribution is 9.10. The Hall–Kier alpha value is -1.42. The molecule has 0 aromatic heterocycles. The minimum Gasteiger partial charge on any atom is -0.341 e. The summed E-state index contributed by atoms with van der Waals surface area (Å²) in [5.74, 6) is -0.171. The van der Waals surface area contributed by atoms with E-state index >= 15 is 0 Å². The first kappa shape index (κ1) is 21.3. The van der Waals surface area contributed by atoms with Crippen molar-refractivity contribution in [2.75, 3.05) is 31.9 Å². The number of carbonyl (C=O) groups excluding carboxylic acids is 1. The average Bonchev–Trinajstić information content (AvgIpc) is 2.94. The van der Waals surface area contributed by atoms with Crippen molar-refractivity contribution in [2.24, 2.45) is 0 Å². The second kappa shape index (κ2) is 9.39. The Morgan fingerprint density at radius 3 is 2.36 bits per heavy atom. The van der Waals surface area contributed by atoms with Crippen LogP contribution in [0.2, 0.25) is 0 Å². The maximum Gasteiger partial charge on any atom is 0.243 e. The molecule has 0 atom stereocenters. The lowest BCUT2D eigenvalue weighted by Crippen LogP contribution is -2.38. The fraction of sp³-hybridized carbons (Fsp3) is 0.316. The van der Waals surface area contributed by atoms with Crippen LogP contribution in [0.25, 0.3) is 0 Å². The molecule has 2 aromatic carbocycles. The van der Waals surface area contributed by atoms with Crippen LogP contribution in [0.5, 0.6) is 0 Å². The molecular weight excluding hydrogens is 467 g/mol. The van der Waals surface area contributed by atoms with Crippen molar-refractivity contribution >= 4 is 43.6 Å². The van der Waals surface area contributed by atoms with E-state index in [4.69, 9.17) is 0 Å². The third-order valence-corrected chi connectivity index (χ3v) is 7.87. The molecule has 1 heterocycles. The molecule has 0 saturated carbocycles. The highest BCUT2D eigenvalue weighted by Crippen LogP contribution is 2.22. The Bertz CT molecular complexity index is 921. The molecule has 1 saturated heterocycles. The van der Waals surface area contributed by atoms with Crippen LogP contribution in [0.15, 0.2) is 62.8 Å². The second-order valence-electron chi connectivity index (χ2n) is 6.33. The minimum atomic E-state index is -3.69. The van der Waals surface area contributed by atoms with Gasteiger partial charge in [-0.25, -0.2) is 12.8 Å². The van der Waals surface area contributed by atoms with E-state index in [1.807, 2.05) is 24.3 Å². The zero-order valence-electron chi connectivity index (χ0n) is 15.1. The van der Waals surface area contributed by atoms with Crippen molar-refractivity contribution < 1.29 is 17.6 Å². The first-order valence-corrected chi connectivity index (χ1v) is 12.0. The van der Waals surface area contributed by atoms with Crippen LogP contribution < -0.4 is 0 Å². The summed E-state index contributed by atoms with van der Waals surface area (Å²) < 4.78 is 41.0. The van der Waals surface area contributed by atoms with Crippen molar-refractivity contribution in [3.8, 4) is 0 Å². The molecule has 0 radical (unpaired) electrons. The summed E-state index contributed by atoms with van der Waals surface area (Å²) in [4.78, 5) is 15.3. The number of nitrogens with zero attached hydrogens (tertiary/aromatic N) is 2. The fourth-order valence-corrected chi connectivity index (χ4v) is 5.44. The molecule has 1 fully saturated rings. The molecule has 3 rings (SSSR count). The molecule has 9 heteroatoms. The number of hydrogen-bond donors (Lipinski definition) is 0. The van der Waals surface area contributed by atoms with Gasteiger partial charge < -0.3 is 4.90 Å². The lowest BCUT2D eigenvalue weighted by atomic mass is 10.4. The number of halogens is 2. The molecule has 2 aromatic rings. The van der Waals surface area contributed by atoms with Gasteiger partial charge in [0.2, 0.25) is 15.9 Å². The van der Waals surface area contributed by atoms with Crippen LogP contribution >= 0.6 is 27.7 Å². The summed E-state index contributed by atoms with van der Waals surface area (Å²) in [6.07, 6.45) is 0.565. The van der Waals surface area contributed by atoms with Crippen LogP contribution in [-0.2, 0) is 14.8 Å². The lowest BCUT2D eigenvalue weighted by molar-refractivity contribution is -0.128. The van der Waals surface area contributed by atoms with Crippen LogP contribution in [0.4, 0.5) is 4.39 Å². The second-order valence-corrected chi connectivity index (χ2v) is 10.2. The largest absolute Gasteiger partial charge is 0.341 e. The SMILES string of the molecule is O=C(CSc1ccc(Br)cc1)N1CCCN(S(=O)(=O)c2ccc(F)cc2)CC1. The number of thioether (sulfide) groups is 1. The number of amides is 1. The summed E-state index contributed by atoms with van der Waals surface area (Å²) >= 11 is 4.84. The topological polar surface area (TPSA) is 57.7 Å². The van der Waals surface area contributed by atoms with Gasteiger partial charge in [-0.1, -0.05) is 15.9 Å². The first-order valence-electron chi connectivity index (χ1n) is 8.78. The molecule has 0 unspecified atom stereocenters. The van der Waals surface area contributed by atoms with Crippen molar-refractivity contribution in [2.45, 2.75) is 16.2 Å². The molecule has 28 heavy (non-hydrogen) atoms. The zero-order chi connectivity index (χ0) is 20.1. The predicted octanol–water partition coefficient (Wildman–Crippen LogP) is 3.60. The van der Waals surface area contributed by atoms with E-state index in [2.05, 4.69) is 15.9 Å². The highest BCUT2D eigenvalue weighted by Gasteiger charge is 2.28. The summed E-state index contributed by atoms with van der Waals surface area (Å²) in [6, 6.07) is 12.6. The molecule has 150 valence electrons. The molecule has 0 spiro atoms.